The molecule has 3 heterocycles. The lowest BCUT2D eigenvalue weighted by Crippen LogP contribution is -2.33. The van der Waals surface area contributed by atoms with Gasteiger partial charge in [-0.2, -0.15) is 4.98 Å². The van der Waals surface area contributed by atoms with Crippen LogP contribution in [0, 0.1) is 12.8 Å². The topological polar surface area (TPSA) is 29.0 Å². The summed E-state index contributed by atoms with van der Waals surface area (Å²) in [5.41, 5.74) is 2.34. The highest BCUT2D eigenvalue weighted by atomic mass is 35.5. The van der Waals surface area contributed by atoms with E-state index in [0.717, 1.165) is 45.6 Å². The molecule has 0 unspecified atom stereocenters. The smallest absolute Gasteiger partial charge is 0.225 e. The van der Waals surface area contributed by atoms with Gasteiger partial charge in [0.05, 0.1) is 5.39 Å². The maximum atomic E-state index is 6.24. The van der Waals surface area contributed by atoms with Crippen molar-refractivity contribution in [2.24, 2.45) is 5.92 Å². The number of nitrogens with zero attached hydrogens (tertiary/aromatic N) is 3. The Morgan fingerprint density at radius 3 is 2.44 bits per heavy atom. The first-order chi connectivity index (χ1) is 12.0. The third kappa shape index (κ3) is 3.23. The summed E-state index contributed by atoms with van der Waals surface area (Å²) in [6, 6.07) is 7.98. The maximum Gasteiger partial charge on any atom is 0.225 e. The van der Waals surface area contributed by atoms with Gasteiger partial charge in [0.25, 0.3) is 0 Å². The predicted molar refractivity (Wildman–Crippen MR) is 108 cm³/mol. The molecule has 1 saturated heterocycles. The largest absolute Gasteiger partial charge is 0.356 e. The lowest BCUT2D eigenvalue weighted by Gasteiger charge is -2.31. The van der Waals surface area contributed by atoms with E-state index in [-0.39, 0.29) is 0 Å². The molecule has 0 saturated carbocycles. The van der Waals surface area contributed by atoms with Gasteiger partial charge in [0, 0.05) is 28.6 Å². The molecular weight excluding hydrogens is 373 g/mol. The van der Waals surface area contributed by atoms with Gasteiger partial charge in [-0.3, -0.25) is 0 Å². The summed E-state index contributed by atoms with van der Waals surface area (Å²) >= 11 is 14.0. The van der Waals surface area contributed by atoms with Crippen LogP contribution in [0.4, 0.5) is 5.82 Å². The zero-order chi connectivity index (χ0) is 17.6. The van der Waals surface area contributed by atoms with Crippen LogP contribution in [-0.4, -0.2) is 23.1 Å². The van der Waals surface area contributed by atoms with Gasteiger partial charge in [0.15, 0.2) is 0 Å². The Bertz CT molecular complexity index is 913. The molecule has 3 nitrogen and oxygen atoms in total. The first-order valence-corrected chi connectivity index (χ1v) is 10.1. The van der Waals surface area contributed by atoms with Crippen LogP contribution in [0.2, 0.25) is 10.3 Å². The molecule has 0 amide bonds. The highest BCUT2D eigenvalue weighted by molar-refractivity contribution is 7.19. The molecule has 0 radical (unpaired) electrons. The molecular formula is C19H19Cl2N3S. The van der Waals surface area contributed by atoms with Crippen molar-refractivity contribution in [3.63, 3.8) is 0 Å². The monoisotopic (exact) mass is 391 g/mol. The van der Waals surface area contributed by atoms with Gasteiger partial charge in [-0.05, 0) is 55.0 Å². The molecule has 0 aliphatic carbocycles. The minimum Gasteiger partial charge on any atom is -0.356 e. The Labute approximate surface area is 161 Å². The van der Waals surface area contributed by atoms with Crippen LogP contribution in [0.1, 0.15) is 24.6 Å². The Kier molecular flexibility index (Phi) is 4.61. The van der Waals surface area contributed by atoms with Crippen LogP contribution < -0.4 is 4.90 Å². The second kappa shape index (κ2) is 6.75. The third-order valence-electron chi connectivity index (χ3n) is 4.90. The standard InChI is InChI=1S/C19H19Cl2N3S/c1-11-7-9-24(10-8-11)17-16-15(13-3-5-14(20)6-4-13)12(2)25-18(16)23-19(21)22-17/h3-6,11H,7-10H2,1-2H3. The minimum atomic E-state index is 0.324. The molecule has 6 heteroatoms. The van der Waals surface area contributed by atoms with Crippen molar-refractivity contribution in [1.82, 2.24) is 9.97 Å². The molecule has 1 fully saturated rings. The van der Waals surface area contributed by atoms with Crippen molar-refractivity contribution < 1.29 is 0 Å². The first kappa shape index (κ1) is 17.1. The Morgan fingerprint density at radius 1 is 1.08 bits per heavy atom. The van der Waals surface area contributed by atoms with Gasteiger partial charge in [0.2, 0.25) is 5.28 Å². The van der Waals surface area contributed by atoms with Crippen molar-refractivity contribution in [1.29, 1.82) is 0 Å². The van der Waals surface area contributed by atoms with E-state index in [1.807, 2.05) is 12.1 Å². The third-order valence-corrected chi connectivity index (χ3v) is 6.32. The number of rotatable bonds is 2. The maximum absolute atomic E-state index is 6.24. The first-order valence-electron chi connectivity index (χ1n) is 8.50. The molecule has 0 atom stereocenters. The molecule has 1 aliphatic heterocycles. The zero-order valence-electron chi connectivity index (χ0n) is 14.2. The van der Waals surface area contributed by atoms with Gasteiger partial charge in [-0.25, -0.2) is 4.98 Å². The Hall–Kier alpha value is -1.36. The molecule has 0 spiro atoms. The van der Waals surface area contributed by atoms with Gasteiger partial charge in [-0.15, -0.1) is 11.3 Å². The highest BCUT2D eigenvalue weighted by Gasteiger charge is 2.24. The van der Waals surface area contributed by atoms with Crippen molar-refractivity contribution in [3.05, 3.63) is 39.4 Å². The van der Waals surface area contributed by atoms with E-state index in [4.69, 9.17) is 23.2 Å². The number of halogens is 2. The summed E-state index contributed by atoms with van der Waals surface area (Å²) in [6.45, 7) is 6.47. The average Bonchev–Trinajstić information content (AvgIpc) is 2.91. The fraction of sp³-hybridized carbons (Fsp3) is 0.368. The molecule has 3 aromatic rings. The quantitative estimate of drug-likeness (QED) is 0.486. The van der Waals surface area contributed by atoms with E-state index in [2.05, 4.69) is 40.8 Å². The van der Waals surface area contributed by atoms with E-state index >= 15 is 0 Å². The normalized spacial score (nSPS) is 15.9. The fourth-order valence-corrected chi connectivity index (χ4v) is 4.86. The number of fused-ring (bicyclic) bond motifs is 1. The molecule has 4 rings (SSSR count). The van der Waals surface area contributed by atoms with Crippen LogP contribution in [0.5, 0.6) is 0 Å². The lowest BCUT2D eigenvalue weighted by atomic mass is 9.98. The van der Waals surface area contributed by atoms with Gasteiger partial charge in [-0.1, -0.05) is 30.7 Å². The van der Waals surface area contributed by atoms with E-state index in [1.54, 1.807) is 11.3 Å². The van der Waals surface area contributed by atoms with Crippen LogP contribution in [0.25, 0.3) is 21.3 Å². The molecule has 1 aromatic carbocycles. The molecule has 1 aliphatic rings. The highest BCUT2D eigenvalue weighted by Crippen LogP contribution is 2.43. The van der Waals surface area contributed by atoms with Gasteiger partial charge < -0.3 is 4.90 Å². The zero-order valence-corrected chi connectivity index (χ0v) is 16.5. The number of benzene rings is 1. The Balaban J connectivity index is 1.91. The second-order valence-corrected chi connectivity index (χ2v) is 8.68. The lowest BCUT2D eigenvalue weighted by molar-refractivity contribution is 0.437. The number of aryl methyl sites for hydroxylation is 1. The molecule has 130 valence electrons. The van der Waals surface area contributed by atoms with Crippen molar-refractivity contribution in [2.75, 3.05) is 18.0 Å². The van der Waals surface area contributed by atoms with E-state index in [9.17, 15) is 0 Å². The van der Waals surface area contributed by atoms with Crippen LogP contribution in [0.3, 0.4) is 0 Å². The van der Waals surface area contributed by atoms with Gasteiger partial charge in [0.1, 0.15) is 10.6 Å². The van der Waals surface area contributed by atoms with Crippen LogP contribution in [-0.2, 0) is 0 Å². The van der Waals surface area contributed by atoms with Crippen LogP contribution >= 0.6 is 34.5 Å². The van der Waals surface area contributed by atoms with E-state index in [0.29, 0.717) is 5.28 Å². The minimum absolute atomic E-state index is 0.324. The summed E-state index contributed by atoms with van der Waals surface area (Å²) in [5.74, 6) is 1.74. The summed E-state index contributed by atoms with van der Waals surface area (Å²) in [4.78, 5) is 13.7. The summed E-state index contributed by atoms with van der Waals surface area (Å²) in [5, 5.41) is 2.18. The average molecular weight is 392 g/mol. The molecule has 2 aromatic heterocycles. The SMILES string of the molecule is Cc1sc2nc(Cl)nc(N3CCC(C)CC3)c2c1-c1ccc(Cl)cc1. The number of aromatic nitrogens is 2. The number of anilines is 1. The van der Waals surface area contributed by atoms with Crippen molar-refractivity contribution in [2.45, 2.75) is 26.7 Å². The summed E-state index contributed by atoms with van der Waals surface area (Å²) in [7, 11) is 0. The molecule has 0 bridgehead atoms. The Morgan fingerprint density at radius 2 is 1.76 bits per heavy atom. The number of hydrogen-bond donors (Lipinski definition) is 0. The number of piperidine rings is 1. The number of thiophene rings is 1. The van der Waals surface area contributed by atoms with Crippen LogP contribution in [0.15, 0.2) is 24.3 Å². The molecule has 25 heavy (non-hydrogen) atoms. The van der Waals surface area contributed by atoms with E-state index in [1.165, 1.54) is 23.3 Å². The summed E-state index contributed by atoms with van der Waals surface area (Å²) < 4.78 is 0. The number of hydrogen-bond acceptors (Lipinski definition) is 4. The van der Waals surface area contributed by atoms with E-state index < -0.39 is 0 Å². The second-order valence-electron chi connectivity index (χ2n) is 6.71. The summed E-state index contributed by atoms with van der Waals surface area (Å²) in [6.07, 6.45) is 2.37. The molecule has 0 N–H and O–H groups in total. The predicted octanol–water partition coefficient (Wildman–Crippen LogP) is 6.21. The fourth-order valence-electron chi connectivity index (χ4n) is 3.48. The van der Waals surface area contributed by atoms with Crippen molar-refractivity contribution >= 4 is 50.6 Å². The van der Waals surface area contributed by atoms with Crippen molar-refractivity contribution in [3.8, 4) is 11.1 Å². The van der Waals surface area contributed by atoms with Gasteiger partial charge >= 0.3 is 0 Å².